The first-order valence-electron chi connectivity index (χ1n) is 8.94. The van der Waals surface area contributed by atoms with Crippen LogP contribution >= 0.6 is 0 Å². The minimum absolute atomic E-state index is 0.0303. The van der Waals surface area contributed by atoms with Crippen LogP contribution in [-0.4, -0.2) is 31.4 Å². The van der Waals surface area contributed by atoms with Gasteiger partial charge in [0.1, 0.15) is 24.7 Å². The zero-order valence-electron chi connectivity index (χ0n) is 15.6. The van der Waals surface area contributed by atoms with Crippen LogP contribution in [0.4, 0.5) is 0 Å². The van der Waals surface area contributed by atoms with E-state index >= 15 is 0 Å². The topological polar surface area (TPSA) is 65.0 Å². The number of carbonyl (C=O) groups is 1. The zero-order chi connectivity index (χ0) is 19.8. The largest absolute Gasteiger partial charge is 0.496 e. The third-order valence-electron chi connectivity index (χ3n) is 4.18. The molecule has 0 spiro atoms. The molecule has 3 aromatic rings. The van der Waals surface area contributed by atoms with Crippen LogP contribution in [0.3, 0.4) is 0 Å². The highest BCUT2D eigenvalue weighted by atomic mass is 16.5. The molecule has 0 aliphatic heterocycles. The molecule has 5 heteroatoms. The molecule has 0 aromatic heterocycles. The Labute approximate surface area is 164 Å². The molecule has 0 atom stereocenters. The average molecular weight is 378 g/mol. The lowest BCUT2D eigenvalue weighted by molar-refractivity contribution is 0.0472. The molecule has 5 nitrogen and oxygen atoms in total. The summed E-state index contributed by atoms with van der Waals surface area (Å²) in [4.78, 5) is 12.4. The Hall–Kier alpha value is -3.31. The van der Waals surface area contributed by atoms with Gasteiger partial charge >= 0.3 is 5.97 Å². The Morgan fingerprint density at radius 1 is 0.964 bits per heavy atom. The minimum atomic E-state index is -0.401. The molecule has 0 bridgehead atoms. The van der Waals surface area contributed by atoms with Crippen LogP contribution in [0.2, 0.25) is 0 Å². The van der Waals surface area contributed by atoms with Crippen molar-refractivity contribution >= 4 is 5.97 Å². The van der Waals surface area contributed by atoms with Crippen molar-refractivity contribution < 1.29 is 24.1 Å². The maximum Gasteiger partial charge on any atom is 0.338 e. The van der Waals surface area contributed by atoms with Crippen molar-refractivity contribution in [3.63, 3.8) is 0 Å². The lowest BCUT2D eigenvalue weighted by atomic mass is 10.0. The number of methoxy groups -OCH3 is 1. The molecule has 28 heavy (non-hydrogen) atoms. The quantitative estimate of drug-likeness (QED) is 0.598. The maximum atomic E-state index is 12.4. The van der Waals surface area contributed by atoms with E-state index in [1.807, 2.05) is 60.7 Å². The molecular formula is C23H22O5. The molecule has 0 saturated carbocycles. The second-order valence-electron chi connectivity index (χ2n) is 6.07. The van der Waals surface area contributed by atoms with Gasteiger partial charge in [-0.2, -0.15) is 0 Å². The Morgan fingerprint density at radius 3 is 2.39 bits per heavy atom. The number of ether oxygens (including phenoxy) is 3. The van der Waals surface area contributed by atoms with E-state index in [9.17, 15) is 4.79 Å². The Balaban J connectivity index is 1.73. The van der Waals surface area contributed by atoms with E-state index in [0.717, 1.165) is 16.7 Å². The fourth-order valence-corrected chi connectivity index (χ4v) is 2.76. The van der Waals surface area contributed by atoms with Gasteiger partial charge in [-0.25, -0.2) is 4.79 Å². The highest BCUT2D eigenvalue weighted by Gasteiger charge is 2.13. The first-order chi connectivity index (χ1) is 13.7. The summed E-state index contributed by atoms with van der Waals surface area (Å²) in [5.41, 5.74) is 3.15. The summed E-state index contributed by atoms with van der Waals surface area (Å²) in [5, 5.41) is 8.82. The molecule has 0 radical (unpaired) electrons. The highest BCUT2D eigenvalue weighted by Crippen LogP contribution is 2.32. The van der Waals surface area contributed by atoms with Crippen molar-refractivity contribution in [2.24, 2.45) is 0 Å². The molecule has 0 aliphatic carbocycles. The Morgan fingerprint density at radius 2 is 1.71 bits per heavy atom. The van der Waals surface area contributed by atoms with Gasteiger partial charge in [0.05, 0.1) is 19.3 Å². The molecule has 144 valence electrons. The molecule has 3 aromatic carbocycles. The van der Waals surface area contributed by atoms with E-state index in [0.29, 0.717) is 17.1 Å². The monoisotopic (exact) mass is 378 g/mol. The summed E-state index contributed by atoms with van der Waals surface area (Å²) in [6.07, 6.45) is 0. The second-order valence-corrected chi connectivity index (χ2v) is 6.07. The number of aliphatic hydroxyl groups is 1. The van der Waals surface area contributed by atoms with Crippen LogP contribution < -0.4 is 9.47 Å². The number of benzene rings is 3. The smallest absolute Gasteiger partial charge is 0.338 e. The third-order valence-corrected chi connectivity index (χ3v) is 4.18. The van der Waals surface area contributed by atoms with Crippen LogP contribution in [0.5, 0.6) is 11.5 Å². The number of aliphatic hydroxyl groups excluding tert-OH is 1. The lowest BCUT2D eigenvalue weighted by Crippen LogP contribution is -2.05. The van der Waals surface area contributed by atoms with Crippen molar-refractivity contribution in [1.82, 2.24) is 0 Å². The van der Waals surface area contributed by atoms with Crippen molar-refractivity contribution in [2.45, 2.75) is 6.61 Å². The van der Waals surface area contributed by atoms with Gasteiger partial charge in [0.15, 0.2) is 0 Å². The van der Waals surface area contributed by atoms with Crippen LogP contribution in [0.1, 0.15) is 15.9 Å². The molecular weight excluding hydrogens is 356 g/mol. The number of rotatable bonds is 8. The molecule has 0 heterocycles. The van der Waals surface area contributed by atoms with Crippen molar-refractivity contribution in [3.8, 4) is 22.6 Å². The van der Waals surface area contributed by atoms with E-state index in [-0.39, 0.29) is 19.8 Å². The van der Waals surface area contributed by atoms with Gasteiger partial charge in [-0.3, -0.25) is 0 Å². The van der Waals surface area contributed by atoms with E-state index in [4.69, 9.17) is 19.3 Å². The molecule has 0 amide bonds. The number of carbonyl (C=O) groups excluding carboxylic acids is 1. The summed E-state index contributed by atoms with van der Waals surface area (Å²) in [7, 11) is 1.57. The maximum absolute atomic E-state index is 12.4. The lowest BCUT2D eigenvalue weighted by Gasteiger charge is -2.12. The van der Waals surface area contributed by atoms with Crippen molar-refractivity contribution in [2.75, 3.05) is 20.3 Å². The van der Waals surface area contributed by atoms with Crippen LogP contribution in [0.15, 0.2) is 72.8 Å². The second kappa shape index (κ2) is 9.58. The standard InChI is InChI=1S/C23H22O5/c1-26-22-15-19(23(25)28-16-17-5-3-2-4-6-17)9-12-21(22)18-7-10-20(11-8-18)27-14-13-24/h2-12,15,24H,13-14,16H2,1H3. The van der Waals surface area contributed by atoms with Crippen molar-refractivity contribution in [1.29, 1.82) is 0 Å². The first-order valence-corrected chi connectivity index (χ1v) is 8.94. The molecule has 1 N–H and O–H groups in total. The SMILES string of the molecule is COc1cc(C(=O)OCc2ccccc2)ccc1-c1ccc(OCCO)cc1. The number of hydrogen-bond donors (Lipinski definition) is 1. The summed E-state index contributed by atoms with van der Waals surface area (Å²) in [5.74, 6) is 0.859. The Kier molecular flexibility index (Phi) is 6.65. The molecule has 0 unspecified atom stereocenters. The third kappa shape index (κ3) is 4.90. The van der Waals surface area contributed by atoms with Crippen molar-refractivity contribution in [3.05, 3.63) is 83.9 Å². The predicted molar refractivity (Wildman–Crippen MR) is 107 cm³/mol. The van der Waals surface area contributed by atoms with Gasteiger partial charge in [0.25, 0.3) is 0 Å². The Bertz CT molecular complexity index is 904. The van der Waals surface area contributed by atoms with E-state index < -0.39 is 5.97 Å². The van der Waals surface area contributed by atoms with E-state index in [1.165, 1.54) is 0 Å². The molecule has 0 aliphatic rings. The number of hydrogen-bond acceptors (Lipinski definition) is 5. The van der Waals surface area contributed by atoms with Gasteiger partial charge in [0.2, 0.25) is 0 Å². The average Bonchev–Trinajstić information content (AvgIpc) is 2.76. The van der Waals surface area contributed by atoms with Gasteiger partial charge in [-0.05, 0) is 41.5 Å². The van der Waals surface area contributed by atoms with Crippen LogP contribution in [-0.2, 0) is 11.3 Å². The highest BCUT2D eigenvalue weighted by molar-refractivity contribution is 5.91. The van der Waals surface area contributed by atoms with Gasteiger partial charge in [-0.15, -0.1) is 0 Å². The normalized spacial score (nSPS) is 10.4. The molecule has 3 rings (SSSR count). The van der Waals surface area contributed by atoms with Crippen LogP contribution in [0.25, 0.3) is 11.1 Å². The van der Waals surface area contributed by atoms with E-state index in [2.05, 4.69) is 0 Å². The first kappa shape index (κ1) is 19.5. The predicted octanol–water partition coefficient (Wildman–Crippen LogP) is 4.09. The number of esters is 1. The summed E-state index contributed by atoms with van der Waals surface area (Å²) >= 11 is 0. The molecule has 0 fully saturated rings. The fraction of sp³-hybridized carbons (Fsp3) is 0.174. The summed E-state index contributed by atoms with van der Waals surface area (Å²) < 4.78 is 16.2. The fourth-order valence-electron chi connectivity index (χ4n) is 2.76. The zero-order valence-corrected chi connectivity index (χ0v) is 15.6. The molecule has 0 saturated heterocycles. The van der Waals surface area contributed by atoms with Crippen LogP contribution in [0, 0.1) is 0 Å². The minimum Gasteiger partial charge on any atom is -0.496 e. The van der Waals surface area contributed by atoms with Gasteiger partial charge in [0, 0.05) is 5.56 Å². The summed E-state index contributed by atoms with van der Waals surface area (Å²) in [6, 6.07) is 22.2. The van der Waals surface area contributed by atoms with E-state index in [1.54, 1.807) is 19.2 Å². The van der Waals surface area contributed by atoms with Gasteiger partial charge < -0.3 is 19.3 Å². The summed E-state index contributed by atoms with van der Waals surface area (Å²) in [6.45, 7) is 0.443. The van der Waals surface area contributed by atoms with Gasteiger partial charge in [-0.1, -0.05) is 42.5 Å².